The molecule has 5 heteroatoms. The molecule has 1 aliphatic heterocycles. The van der Waals surface area contributed by atoms with Crippen LogP contribution in [0, 0.1) is 0 Å². The van der Waals surface area contributed by atoms with Gasteiger partial charge in [-0.05, 0) is 23.0 Å². The summed E-state index contributed by atoms with van der Waals surface area (Å²) in [7, 11) is 0. The van der Waals surface area contributed by atoms with E-state index in [1.165, 1.54) is 0 Å². The van der Waals surface area contributed by atoms with Crippen LogP contribution in [0.25, 0.3) is 11.3 Å². The summed E-state index contributed by atoms with van der Waals surface area (Å²) in [5.74, 6) is 0.419. The summed E-state index contributed by atoms with van der Waals surface area (Å²) in [6.07, 6.45) is 0. The summed E-state index contributed by atoms with van der Waals surface area (Å²) in [6.45, 7) is 15.8. The minimum Gasteiger partial charge on any atom is -0.507 e. The zero-order chi connectivity index (χ0) is 19.1. The van der Waals surface area contributed by atoms with Crippen molar-refractivity contribution in [1.82, 2.24) is 15.6 Å². The Balaban J connectivity index is 2.06. The summed E-state index contributed by atoms with van der Waals surface area (Å²) in [5.41, 5.74) is 3.78. The normalized spacial score (nSPS) is 18.9. The van der Waals surface area contributed by atoms with Gasteiger partial charge in [0, 0.05) is 41.7 Å². The van der Waals surface area contributed by atoms with Crippen molar-refractivity contribution in [3.8, 4) is 17.0 Å². The van der Waals surface area contributed by atoms with Crippen molar-refractivity contribution >= 4 is 11.3 Å². The van der Waals surface area contributed by atoms with Gasteiger partial charge >= 0.3 is 0 Å². The Morgan fingerprint density at radius 2 is 1.65 bits per heavy atom. The third kappa shape index (κ3) is 3.95. The first-order valence-corrected chi connectivity index (χ1v) is 10.2. The lowest BCUT2D eigenvalue weighted by atomic mass is 9.78. The van der Waals surface area contributed by atoms with Gasteiger partial charge in [-0.25, -0.2) is 4.98 Å². The van der Waals surface area contributed by atoms with E-state index in [2.05, 4.69) is 69.7 Å². The molecule has 1 saturated heterocycles. The van der Waals surface area contributed by atoms with E-state index in [0.717, 1.165) is 47.0 Å². The van der Waals surface area contributed by atoms with Crippen LogP contribution < -0.4 is 10.6 Å². The van der Waals surface area contributed by atoms with Crippen LogP contribution >= 0.6 is 11.3 Å². The lowest BCUT2D eigenvalue weighted by Crippen LogP contribution is -2.42. The fourth-order valence-corrected chi connectivity index (χ4v) is 4.24. The number of rotatable bonds is 2. The molecule has 1 aliphatic rings. The van der Waals surface area contributed by atoms with E-state index in [-0.39, 0.29) is 16.9 Å². The number of phenolic OH excluding ortho intramolecular Hbond substituents is 1. The number of aromatic hydroxyl groups is 1. The van der Waals surface area contributed by atoms with E-state index in [1.54, 1.807) is 11.3 Å². The number of piperazine rings is 1. The first-order valence-electron chi connectivity index (χ1n) is 9.35. The second kappa shape index (κ2) is 6.95. The average molecular weight is 374 g/mol. The lowest BCUT2D eigenvalue weighted by Gasteiger charge is -2.28. The fourth-order valence-electron chi connectivity index (χ4n) is 3.33. The number of phenols is 1. The van der Waals surface area contributed by atoms with E-state index in [4.69, 9.17) is 4.98 Å². The Labute approximate surface area is 161 Å². The Bertz CT molecular complexity index is 742. The van der Waals surface area contributed by atoms with Gasteiger partial charge in [0.25, 0.3) is 0 Å². The Hall–Kier alpha value is -1.43. The summed E-state index contributed by atoms with van der Waals surface area (Å²) in [6, 6.07) is 4.50. The summed E-state index contributed by atoms with van der Waals surface area (Å²) < 4.78 is 0. The Morgan fingerprint density at radius 1 is 1.04 bits per heavy atom. The predicted molar refractivity (Wildman–Crippen MR) is 110 cm³/mol. The molecule has 0 spiro atoms. The van der Waals surface area contributed by atoms with Crippen molar-refractivity contribution in [1.29, 1.82) is 0 Å². The molecule has 0 saturated carbocycles. The number of nitrogens with zero attached hydrogens (tertiary/aromatic N) is 1. The molecule has 142 valence electrons. The average Bonchev–Trinajstić information content (AvgIpc) is 3.03. The van der Waals surface area contributed by atoms with Gasteiger partial charge < -0.3 is 15.7 Å². The van der Waals surface area contributed by atoms with Gasteiger partial charge in [0.05, 0.1) is 11.7 Å². The van der Waals surface area contributed by atoms with E-state index in [0.29, 0.717) is 5.75 Å². The quantitative estimate of drug-likeness (QED) is 0.733. The number of thiazole rings is 1. The summed E-state index contributed by atoms with van der Waals surface area (Å²) in [5, 5.41) is 21.1. The molecule has 2 aromatic rings. The molecule has 0 amide bonds. The standard InChI is InChI=1S/C21H31N3OS/c1-20(2,3)14-9-13(10-15(18(14)25)21(4,5)6)17-12-26-19(24-17)16-11-22-7-8-23-16/h9-10,12,16,22-23,25H,7-8,11H2,1-6H3. The lowest BCUT2D eigenvalue weighted by molar-refractivity contribution is 0.423. The van der Waals surface area contributed by atoms with Crippen LogP contribution in [0.2, 0.25) is 0 Å². The molecular formula is C21H31N3OS. The zero-order valence-electron chi connectivity index (χ0n) is 16.7. The second-order valence-electron chi connectivity index (χ2n) is 9.20. The smallest absolute Gasteiger partial charge is 0.123 e. The van der Waals surface area contributed by atoms with Crippen molar-refractivity contribution in [3.63, 3.8) is 0 Å². The van der Waals surface area contributed by atoms with Crippen LogP contribution in [0.4, 0.5) is 0 Å². The van der Waals surface area contributed by atoms with Crippen molar-refractivity contribution < 1.29 is 5.11 Å². The number of aromatic nitrogens is 1. The minimum absolute atomic E-state index is 0.131. The maximum absolute atomic E-state index is 10.9. The highest BCUT2D eigenvalue weighted by Gasteiger charge is 2.27. The van der Waals surface area contributed by atoms with Gasteiger partial charge in [0.2, 0.25) is 0 Å². The highest BCUT2D eigenvalue weighted by Crippen LogP contribution is 2.42. The highest BCUT2D eigenvalue weighted by molar-refractivity contribution is 7.10. The van der Waals surface area contributed by atoms with Crippen LogP contribution in [-0.2, 0) is 10.8 Å². The molecule has 3 rings (SSSR count). The third-order valence-corrected chi connectivity index (χ3v) is 5.84. The zero-order valence-corrected chi connectivity index (χ0v) is 17.5. The maximum Gasteiger partial charge on any atom is 0.123 e. The van der Waals surface area contributed by atoms with Gasteiger partial charge in [-0.2, -0.15) is 0 Å². The van der Waals surface area contributed by atoms with Crippen LogP contribution in [0.5, 0.6) is 5.75 Å². The highest BCUT2D eigenvalue weighted by atomic mass is 32.1. The molecule has 1 aromatic heterocycles. The number of hydrogen-bond acceptors (Lipinski definition) is 5. The molecule has 0 aliphatic carbocycles. The van der Waals surface area contributed by atoms with Crippen molar-refractivity contribution in [2.24, 2.45) is 0 Å². The van der Waals surface area contributed by atoms with Gasteiger partial charge in [-0.1, -0.05) is 41.5 Å². The Kier molecular flexibility index (Phi) is 5.17. The largest absolute Gasteiger partial charge is 0.507 e. The topological polar surface area (TPSA) is 57.2 Å². The van der Waals surface area contributed by atoms with Gasteiger partial charge in [-0.15, -0.1) is 11.3 Å². The van der Waals surface area contributed by atoms with E-state index in [9.17, 15) is 5.11 Å². The van der Waals surface area contributed by atoms with E-state index >= 15 is 0 Å². The molecule has 2 heterocycles. The number of benzene rings is 1. The Morgan fingerprint density at radius 3 is 2.15 bits per heavy atom. The van der Waals surface area contributed by atoms with Gasteiger partial charge in [0.15, 0.2) is 0 Å². The monoisotopic (exact) mass is 373 g/mol. The first-order chi connectivity index (χ1) is 12.1. The van der Waals surface area contributed by atoms with Crippen molar-refractivity contribution in [2.75, 3.05) is 19.6 Å². The van der Waals surface area contributed by atoms with Gasteiger partial charge in [-0.3, -0.25) is 0 Å². The van der Waals surface area contributed by atoms with Crippen LogP contribution in [0.15, 0.2) is 17.5 Å². The van der Waals surface area contributed by atoms with Crippen molar-refractivity contribution in [2.45, 2.75) is 58.4 Å². The molecule has 0 bridgehead atoms. The molecule has 1 atom stereocenters. The summed E-state index contributed by atoms with van der Waals surface area (Å²) >= 11 is 1.71. The van der Waals surface area contributed by atoms with Crippen LogP contribution in [0.1, 0.15) is 63.7 Å². The van der Waals surface area contributed by atoms with Gasteiger partial charge in [0.1, 0.15) is 10.8 Å². The number of hydrogen-bond donors (Lipinski definition) is 3. The molecule has 4 nitrogen and oxygen atoms in total. The van der Waals surface area contributed by atoms with Crippen LogP contribution in [0.3, 0.4) is 0 Å². The molecule has 1 fully saturated rings. The molecular weight excluding hydrogens is 342 g/mol. The van der Waals surface area contributed by atoms with Crippen molar-refractivity contribution in [3.05, 3.63) is 33.6 Å². The van der Waals surface area contributed by atoms with Crippen LogP contribution in [-0.4, -0.2) is 29.7 Å². The van der Waals surface area contributed by atoms with E-state index in [1.807, 2.05) is 0 Å². The molecule has 0 radical (unpaired) electrons. The molecule has 1 unspecified atom stereocenters. The minimum atomic E-state index is -0.131. The molecule has 1 aromatic carbocycles. The van der Waals surface area contributed by atoms with E-state index < -0.39 is 0 Å². The summed E-state index contributed by atoms with van der Waals surface area (Å²) in [4.78, 5) is 4.91. The molecule has 26 heavy (non-hydrogen) atoms. The fraction of sp³-hybridized carbons (Fsp3) is 0.571. The maximum atomic E-state index is 10.9. The first kappa shape index (κ1) is 19.3. The second-order valence-corrected chi connectivity index (χ2v) is 10.1. The SMILES string of the molecule is CC(C)(C)c1cc(-c2csc(C3CNCCN3)n2)cc(C(C)(C)C)c1O. The third-order valence-electron chi connectivity index (χ3n) is 4.88. The number of nitrogens with one attached hydrogen (secondary N) is 2. The predicted octanol–water partition coefficient (Wildman–Crippen LogP) is 4.34. The molecule has 3 N–H and O–H groups in total.